The Balaban J connectivity index is 1.78. The van der Waals surface area contributed by atoms with Gasteiger partial charge in [-0.2, -0.15) is 0 Å². The van der Waals surface area contributed by atoms with Crippen molar-refractivity contribution in [2.75, 3.05) is 13.2 Å². The standard InChI is InChI=1S/C24H34O9/c1-6-7-8-18(27)32-16-10-23(11-29-14(3)25)17(9-13(16)2)33-21-19(28)20(31-15(4)26)22(23,5)24(21)12-30-24/h9,16-17,19-21,28H,6-8,10-12H2,1-5H3/t16-,17+,19+,20+,21+,22+,23+,24-/m0/s1. The molecule has 1 spiro atoms. The van der Waals surface area contributed by atoms with Crippen LogP contribution in [0.25, 0.3) is 0 Å². The maximum Gasteiger partial charge on any atom is 0.306 e. The minimum Gasteiger partial charge on any atom is -0.465 e. The van der Waals surface area contributed by atoms with Crippen molar-refractivity contribution in [3.8, 4) is 0 Å². The number of hydrogen-bond acceptors (Lipinski definition) is 9. The Morgan fingerprint density at radius 2 is 1.91 bits per heavy atom. The Labute approximate surface area is 193 Å². The average Bonchev–Trinajstić information content (AvgIpc) is 3.53. The highest BCUT2D eigenvalue weighted by atomic mass is 16.7. The second kappa shape index (κ2) is 8.36. The Kier molecular flexibility index (Phi) is 6.12. The lowest BCUT2D eigenvalue weighted by molar-refractivity contribution is -0.241. The van der Waals surface area contributed by atoms with E-state index in [1.165, 1.54) is 13.8 Å². The van der Waals surface area contributed by atoms with Gasteiger partial charge >= 0.3 is 17.9 Å². The number of fused-ring (bicyclic) bond motifs is 2. The molecule has 2 saturated heterocycles. The number of aliphatic hydroxyl groups excluding tert-OH is 1. The Bertz CT molecular complexity index is 862. The number of unbranched alkanes of at least 4 members (excludes halogenated alkanes) is 1. The molecule has 0 radical (unpaired) electrons. The van der Waals surface area contributed by atoms with Gasteiger partial charge in [0.1, 0.15) is 36.6 Å². The van der Waals surface area contributed by atoms with Crippen molar-refractivity contribution in [3.63, 3.8) is 0 Å². The molecule has 0 aromatic heterocycles. The molecule has 9 heteroatoms. The molecule has 3 fully saturated rings. The van der Waals surface area contributed by atoms with Crippen molar-refractivity contribution < 1.29 is 43.2 Å². The molecule has 1 saturated carbocycles. The molecular weight excluding hydrogens is 432 g/mol. The summed E-state index contributed by atoms with van der Waals surface area (Å²) in [5.41, 5.74) is -1.98. The van der Waals surface area contributed by atoms with Crippen LogP contribution >= 0.6 is 0 Å². The van der Waals surface area contributed by atoms with E-state index in [4.69, 9.17) is 23.7 Å². The summed E-state index contributed by atoms with van der Waals surface area (Å²) < 4.78 is 29.4. The first-order chi connectivity index (χ1) is 15.5. The van der Waals surface area contributed by atoms with Crippen molar-refractivity contribution in [1.29, 1.82) is 0 Å². The number of epoxide rings is 1. The normalized spacial score (nSPS) is 42.8. The average molecular weight is 467 g/mol. The molecule has 8 atom stereocenters. The Morgan fingerprint density at radius 1 is 1.21 bits per heavy atom. The fourth-order valence-electron chi connectivity index (χ4n) is 6.26. The number of carbonyl (C=O) groups excluding carboxylic acids is 3. The number of ether oxygens (including phenoxy) is 5. The van der Waals surface area contributed by atoms with E-state index in [1.807, 2.05) is 26.8 Å². The molecule has 9 nitrogen and oxygen atoms in total. The minimum absolute atomic E-state index is 0.0569. The number of carbonyl (C=O) groups is 3. The van der Waals surface area contributed by atoms with Gasteiger partial charge in [-0.1, -0.05) is 26.3 Å². The molecule has 0 aromatic carbocycles. The Morgan fingerprint density at radius 3 is 2.48 bits per heavy atom. The van der Waals surface area contributed by atoms with Gasteiger partial charge < -0.3 is 28.8 Å². The fourth-order valence-corrected chi connectivity index (χ4v) is 6.26. The molecule has 2 heterocycles. The molecule has 0 amide bonds. The molecule has 33 heavy (non-hydrogen) atoms. The quantitative estimate of drug-likeness (QED) is 0.259. The number of esters is 3. The van der Waals surface area contributed by atoms with E-state index in [9.17, 15) is 19.5 Å². The van der Waals surface area contributed by atoms with Crippen LogP contribution in [0.3, 0.4) is 0 Å². The maximum absolute atomic E-state index is 12.5. The van der Waals surface area contributed by atoms with Crippen LogP contribution in [0.4, 0.5) is 0 Å². The maximum atomic E-state index is 12.5. The molecule has 4 rings (SSSR count). The van der Waals surface area contributed by atoms with Gasteiger partial charge in [-0.3, -0.25) is 14.4 Å². The molecule has 1 N–H and O–H groups in total. The van der Waals surface area contributed by atoms with Crippen LogP contribution in [0, 0.1) is 10.8 Å². The lowest BCUT2D eigenvalue weighted by Gasteiger charge is -2.58. The second-order valence-electron chi connectivity index (χ2n) is 10.0. The van der Waals surface area contributed by atoms with Gasteiger partial charge in [-0.25, -0.2) is 0 Å². The van der Waals surface area contributed by atoms with Crippen molar-refractivity contribution in [2.24, 2.45) is 10.8 Å². The van der Waals surface area contributed by atoms with E-state index in [-0.39, 0.29) is 19.0 Å². The van der Waals surface area contributed by atoms with Crippen molar-refractivity contribution in [1.82, 2.24) is 0 Å². The molecular formula is C24H34O9. The molecule has 2 aliphatic carbocycles. The summed E-state index contributed by atoms with van der Waals surface area (Å²) in [7, 11) is 0. The summed E-state index contributed by atoms with van der Waals surface area (Å²) in [5.74, 6) is -1.30. The van der Waals surface area contributed by atoms with Crippen molar-refractivity contribution in [3.05, 3.63) is 11.6 Å². The third-order valence-corrected chi connectivity index (χ3v) is 8.16. The van der Waals surface area contributed by atoms with Crippen LogP contribution < -0.4 is 0 Å². The molecule has 2 aliphatic heterocycles. The third-order valence-electron chi connectivity index (χ3n) is 8.16. The molecule has 2 bridgehead atoms. The highest BCUT2D eigenvalue weighted by Gasteiger charge is 2.86. The zero-order valence-corrected chi connectivity index (χ0v) is 19.9. The van der Waals surface area contributed by atoms with E-state index in [0.29, 0.717) is 13.0 Å². The van der Waals surface area contributed by atoms with Gasteiger partial charge in [0.2, 0.25) is 0 Å². The molecule has 0 unspecified atom stereocenters. The summed E-state index contributed by atoms with van der Waals surface area (Å²) in [6.07, 6.45) is 0.225. The first-order valence-electron chi connectivity index (χ1n) is 11.7. The van der Waals surface area contributed by atoms with E-state index in [2.05, 4.69) is 0 Å². The van der Waals surface area contributed by atoms with Crippen LogP contribution in [-0.4, -0.2) is 72.3 Å². The zero-order chi connectivity index (χ0) is 24.2. The van der Waals surface area contributed by atoms with Crippen LogP contribution in [0.1, 0.15) is 60.3 Å². The predicted octanol–water partition coefficient (Wildman–Crippen LogP) is 1.84. The van der Waals surface area contributed by atoms with E-state index >= 15 is 0 Å². The SMILES string of the molecule is CCCCC(=O)O[C@H]1C[C@@]2(COC(C)=O)[C@@H](C=C1C)O[C@@H]1[C@H](O)[C@@H](OC(C)=O)[C@@]2(C)[C@]12CO2. The topological polar surface area (TPSA) is 121 Å². The molecule has 4 aliphatic rings. The van der Waals surface area contributed by atoms with E-state index in [1.54, 1.807) is 0 Å². The molecule has 184 valence electrons. The number of hydrogen-bond donors (Lipinski definition) is 1. The summed E-state index contributed by atoms with van der Waals surface area (Å²) in [4.78, 5) is 36.4. The summed E-state index contributed by atoms with van der Waals surface area (Å²) in [6.45, 7) is 8.66. The van der Waals surface area contributed by atoms with E-state index < -0.39 is 58.9 Å². The van der Waals surface area contributed by atoms with Crippen LogP contribution in [0.5, 0.6) is 0 Å². The van der Waals surface area contributed by atoms with Gasteiger partial charge in [0.05, 0.1) is 23.5 Å². The van der Waals surface area contributed by atoms with Crippen molar-refractivity contribution in [2.45, 2.75) is 96.4 Å². The lowest BCUT2D eigenvalue weighted by Crippen LogP contribution is -2.68. The third kappa shape index (κ3) is 3.51. The number of aliphatic hydroxyl groups is 1. The highest BCUT2D eigenvalue weighted by molar-refractivity contribution is 5.70. The molecule has 0 aromatic rings. The smallest absolute Gasteiger partial charge is 0.306 e. The van der Waals surface area contributed by atoms with Gasteiger partial charge in [-0.15, -0.1) is 0 Å². The minimum atomic E-state index is -1.11. The fraction of sp³-hybridized carbons (Fsp3) is 0.792. The summed E-state index contributed by atoms with van der Waals surface area (Å²) >= 11 is 0. The van der Waals surface area contributed by atoms with Gasteiger partial charge in [-0.05, 0) is 18.9 Å². The predicted molar refractivity (Wildman–Crippen MR) is 114 cm³/mol. The lowest BCUT2D eigenvalue weighted by atomic mass is 9.51. The van der Waals surface area contributed by atoms with Crippen LogP contribution in [0.2, 0.25) is 0 Å². The van der Waals surface area contributed by atoms with Crippen LogP contribution in [-0.2, 0) is 38.1 Å². The summed E-state index contributed by atoms with van der Waals surface area (Å²) in [6, 6.07) is 0. The van der Waals surface area contributed by atoms with Gasteiger partial charge in [0.15, 0.2) is 0 Å². The van der Waals surface area contributed by atoms with Crippen molar-refractivity contribution >= 4 is 17.9 Å². The van der Waals surface area contributed by atoms with Gasteiger partial charge in [0, 0.05) is 26.7 Å². The second-order valence-corrected chi connectivity index (χ2v) is 10.0. The van der Waals surface area contributed by atoms with Gasteiger partial charge in [0.25, 0.3) is 0 Å². The van der Waals surface area contributed by atoms with Crippen LogP contribution in [0.15, 0.2) is 11.6 Å². The first kappa shape index (κ1) is 24.2. The zero-order valence-electron chi connectivity index (χ0n) is 19.9. The monoisotopic (exact) mass is 466 g/mol. The Hall–Kier alpha value is -1.97. The highest BCUT2D eigenvalue weighted by Crippen LogP contribution is 2.72. The van der Waals surface area contributed by atoms with E-state index in [0.717, 1.165) is 18.4 Å². The first-order valence-corrected chi connectivity index (χ1v) is 11.7. The largest absolute Gasteiger partial charge is 0.465 e. The summed E-state index contributed by atoms with van der Waals surface area (Å²) in [5, 5.41) is 11.2. The number of rotatable bonds is 7.